The van der Waals surface area contributed by atoms with Crippen LogP contribution in [0.4, 0.5) is 0 Å². The first-order valence-corrected chi connectivity index (χ1v) is 4.97. The molecule has 0 saturated heterocycles. The molecule has 3 N–H and O–H groups in total. The van der Waals surface area contributed by atoms with Crippen molar-refractivity contribution in [2.24, 2.45) is 5.41 Å². The average Bonchev–Trinajstić information content (AvgIpc) is 2.06. The molecular weight excluding hydrogens is 191 g/mol. The fourth-order valence-electron chi connectivity index (χ4n) is 1.48. The molecule has 1 aromatic rings. The first-order valence-electron chi connectivity index (χ1n) is 4.97. The average molecular weight is 208 g/mol. The number of aromatic hydroxyl groups is 1. The molecule has 0 fully saturated rings. The Kier molecular flexibility index (Phi) is 3.42. The van der Waals surface area contributed by atoms with E-state index in [1.54, 1.807) is 6.07 Å². The molecule has 0 aromatic heterocycles. The van der Waals surface area contributed by atoms with Crippen LogP contribution in [0.3, 0.4) is 0 Å². The van der Waals surface area contributed by atoms with Crippen molar-refractivity contribution in [2.75, 3.05) is 0 Å². The number of phenolic OH excluding ortho intramolecular Hbond substituents is 1. The van der Waals surface area contributed by atoms with Crippen molar-refractivity contribution >= 4 is 12.6 Å². The zero-order valence-corrected chi connectivity index (χ0v) is 9.36. The van der Waals surface area contributed by atoms with Gasteiger partial charge in [0.2, 0.25) is 0 Å². The normalized spacial score (nSPS) is 11.5. The van der Waals surface area contributed by atoms with Gasteiger partial charge in [-0.3, -0.25) is 0 Å². The molecule has 15 heavy (non-hydrogen) atoms. The highest BCUT2D eigenvalue weighted by Crippen LogP contribution is 2.25. The van der Waals surface area contributed by atoms with Crippen molar-refractivity contribution in [3.63, 3.8) is 0 Å². The molecule has 0 spiro atoms. The van der Waals surface area contributed by atoms with Crippen molar-refractivity contribution in [3.8, 4) is 5.75 Å². The largest absolute Gasteiger partial charge is 0.508 e. The maximum Gasteiger partial charge on any atom is 0.488 e. The van der Waals surface area contributed by atoms with Gasteiger partial charge in [-0.25, -0.2) is 0 Å². The van der Waals surface area contributed by atoms with Gasteiger partial charge in [0.15, 0.2) is 0 Å². The second-order valence-corrected chi connectivity index (χ2v) is 5.00. The van der Waals surface area contributed by atoms with E-state index in [2.05, 4.69) is 20.8 Å². The van der Waals surface area contributed by atoms with Crippen molar-refractivity contribution in [2.45, 2.75) is 27.2 Å². The van der Waals surface area contributed by atoms with E-state index in [0.29, 0.717) is 11.9 Å². The molecule has 82 valence electrons. The zero-order chi connectivity index (χ0) is 11.6. The lowest BCUT2D eigenvalue weighted by atomic mass is 9.77. The molecule has 4 heteroatoms. The Balaban J connectivity index is 3.01. The summed E-state index contributed by atoms with van der Waals surface area (Å²) < 4.78 is 0. The molecule has 0 unspecified atom stereocenters. The number of rotatable bonds is 2. The van der Waals surface area contributed by atoms with Crippen LogP contribution in [0.1, 0.15) is 26.3 Å². The van der Waals surface area contributed by atoms with Gasteiger partial charge >= 0.3 is 7.12 Å². The summed E-state index contributed by atoms with van der Waals surface area (Å²) in [5, 5.41) is 27.6. The Hall–Kier alpha value is -0.995. The first-order chi connectivity index (χ1) is 6.79. The summed E-state index contributed by atoms with van der Waals surface area (Å²) in [5.41, 5.74) is 1.21. The molecule has 1 aromatic carbocycles. The van der Waals surface area contributed by atoms with E-state index < -0.39 is 7.12 Å². The molecule has 1 rings (SSSR count). The minimum atomic E-state index is -1.48. The van der Waals surface area contributed by atoms with Gasteiger partial charge in [-0.2, -0.15) is 0 Å². The lowest BCUT2D eigenvalue weighted by Gasteiger charge is -2.19. The molecule has 0 aliphatic rings. The summed E-state index contributed by atoms with van der Waals surface area (Å²) >= 11 is 0. The minimum Gasteiger partial charge on any atom is -0.508 e. The van der Waals surface area contributed by atoms with Crippen LogP contribution in [-0.4, -0.2) is 22.3 Å². The second-order valence-electron chi connectivity index (χ2n) is 5.00. The predicted octanol–water partition coefficient (Wildman–Crippen LogP) is 0.661. The Morgan fingerprint density at radius 1 is 1.20 bits per heavy atom. The molecule has 0 radical (unpaired) electrons. The van der Waals surface area contributed by atoms with Gasteiger partial charge in [0.25, 0.3) is 0 Å². The smallest absolute Gasteiger partial charge is 0.488 e. The lowest BCUT2D eigenvalue weighted by molar-refractivity contribution is 0.394. The summed E-state index contributed by atoms with van der Waals surface area (Å²) in [6.45, 7) is 6.19. The predicted molar refractivity (Wildman–Crippen MR) is 61.1 cm³/mol. The van der Waals surface area contributed by atoms with Crippen LogP contribution < -0.4 is 5.46 Å². The molecule has 0 atom stereocenters. The standard InChI is InChI=1S/C11H17BO3/c1-11(2,3)7-8-6-9(12(14)15)4-5-10(8)13/h4-6,13-15H,7H2,1-3H3. The molecule has 0 bridgehead atoms. The van der Waals surface area contributed by atoms with Gasteiger partial charge in [0, 0.05) is 0 Å². The topological polar surface area (TPSA) is 60.7 Å². The Morgan fingerprint density at radius 2 is 1.80 bits per heavy atom. The van der Waals surface area contributed by atoms with Crippen LogP contribution in [-0.2, 0) is 6.42 Å². The first kappa shape index (κ1) is 12.1. The van der Waals surface area contributed by atoms with Crippen molar-refractivity contribution in [1.29, 1.82) is 0 Å². The molecule has 0 saturated carbocycles. The maximum atomic E-state index is 9.62. The summed E-state index contributed by atoms with van der Waals surface area (Å²) in [5.74, 6) is 0.203. The van der Waals surface area contributed by atoms with Gasteiger partial charge in [-0.05, 0) is 28.9 Å². The molecule has 0 aliphatic carbocycles. The van der Waals surface area contributed by atoms with Gasteiger partial charge in [-0.15, -0.1) is 0 Å². The third kappa shape index (κ3) is 3.57. The van der Waals surface area contributed by atoms with E-state index in [4.69, 9.17) is 10.0 Å². The number of phenols is 1. The van der Waals surface area contributed by atoms with E-state index in [1.165, 1.54) is 12.1 Å². The highest BCUT2D eigenvalue weighted by atomic mass is 16.4. The van der Waals surface area contributed by atoms with E-state index in [9.17, 15) is 5.11 Å². The van der Waals surface area contributed by atoms with Gasteiger partial charge in [0.05, 0.1) is 0 Å². The SMILES string of the molecule is CC(C)(C)Cc1cc(B(O)O)ccc1O. The van der Waals surface area contributed by atoms with Crippen LogP contribution in [0.2, 0.25) is 0 Å². The van der Waals surface area contributed by atoms with Crippen LogP contribution in [0.5, 0.6) is 5.75 Å². The van der Waals surface area contributed by atoms with Gasteiger partial charge in [0.1, 0.15) is 5.75 Å². The summed E-state index contributed by atoms with van der Waals surface area (Å²) in [7, 11) is -1.48. The van der Waals surface area contributed by atoms with E-state index in [0.717, 1.165) is 5.56 Å². The summed E-state index contributed by atoms with van der Waals surface area (Å²) in [4.78, 5) is 0. The van der Waals surface area contributed by atoms with Gasteiger partial charge < -0.3 is 15.2 Å². The third-order valence-corrected chi connectivity index (χ3v) is 2.12. The molecule has 0 aliphatic heterocycles. The Morgan fingerprint density at radius 3 is 2.27 bits per heavy atom. The van der Waals surface area contributed by atoms with E-state index in [-0.39, 0.29) is 11.2 Å². The number of hydrogen-bond acceptors (Lipinski definition) is 3. The van der Waals surface area contributed by atoms with Gasteiger partial charge in [-0.1, -0.05) is 32.9 Å². The molecule has 3 nitrogen and oxygen atoms in total. The monoisotopic (exact) mass is 208 g/mol. The van der Waals surface area contributed by atoms with Crippen molar-refractivity contribution in [3.05, 3.63) is 23.8 Å². The van der Waals surface area contributed by atoms with Crippen LogP contribution in [0, 0.1) is 5.41 Å². The summed E-state index contributed by atoms with van der Waals surface area (Å²) in [6, 6.07) is 4.63. The zero-order valence-electron chi connectivity index (χ0n) is 9.36. The molecule has 0 heterocycles. The molecular formula is C11H17BO3. The quantitative estimate of drug-likeness (QED) is 0.625. The Bertz CT molecular complexity index is 342. The summed E-state index contributed by atoms with van der Waals surface area (Å²) in [6.07, 6.45) is 0.694. The van der Waals surface area contributed by atoms with Crippen molar-refractivity contribution < 1.29 is 15.2 Å². The van der Waals surface area contributed by atoms with Crippen LogP contribution >= 0.6 is 0 Å². The van der Waals surface area contributed by atoms with Crippen molar-refractivity contribution in [1.82, 2.24) is 0 Å². The maximum absolute atomic E-state index is 9.62. The third-order valence-electron chi connectivity index (χ3n) is 2.12. The number of hydrogen-bond donors (Lipinski definition) is 3. The highest BCUT2D eigenvalue weighted by Gasteiger charge is 2.17. The fourth-order valence-corrected chi connectivity index (χ4v) is 1.48. The van der Waals surface area contributed by atoms with Crippen LogP contribution in [0.25, 0.3) is 0 Å². The highest BCUT2D eigenvalue weighted by molar-refractivity contribution is 6.58. The van der Waals surface area contributed by atoms with Crippen LogP contribution in [0.15, 0.2) is 18.2 Å². The van der Waals surface area contributed by atoms with E-state index in [1.807, 2.05) is 0 Å². The van der Waals surface area contributed by atoms with E-state index >= 15 is 0 Å². The minimum absolute atomic E-state index is 0.0521. The number of benzene rings is 1. The fraction of sp³-hybridized carbons (Fsp3) is 0.455. The lowest BCUT2D eigenvalue weighted by Crippen LogP contribution is -2.30. The molecule has 0 amide bonds. The Labute approximate surface area is 90.5 Å². The second kappa shape index (κ2) is 4.25.